The predicted molar refractivity (Wildman–Crippen MR) is 191 cm³/mol. The zero-order chi connectivity index (χ0) is 35.4. The number of aliphatic carboxylic acids is 1. The van der Waals surface area contributed by atoms with Crippen molar-refractivity contribution in [1.29, 1.82) is 0 Å². The molecule has 5 aliphatic carbocycles. The summed E-state index contributed by atoms with van der Waals surface area (Å²) in [5.41, 5.74) is 2.45. The topological polar surface area (TPSA) is 113 Å². The maximum atomic E-state index is 14.5. The van der Waals surface area contributed by atoms with Gasteiger partial charge in [-0.2, -0.15) is 0 Å². The van der Waals surface area contributed by atoms with Crippen molar-refractivity contribution in [1.82, 2.24) is 10.6 Å². The van der Waals surface area contributed by atoms with Crippen molar-refractivity contribution >= 4 is 23.6 Å². The first-order valence-electron chi connectivity index (χ1n) is 19.2. The molecule has 1 aromatic carbocycles. The quantitative estimate of drug-likeness (QED) is 0.172. The molecule has 0 heterocycles. The Hall–Kier alpha value is -2.96. The number of nitrogens with one attached hydrogen (secondary N) is 2. The van der Waals surface area contributed by atoms with E-state index in [0.29, 0.717) is 79.2 Å². The van der Waals surface area contributed by atoms with Gasteiger partial charge < -0.3 is 15.7 Å². The summed E-state index contributed by atoms with van der Waals surface area (Å²) < 4.78 is 0. The maximum absolute atomic E-state index is 14.5. The summed E-state index contributed by atoms with van der Waals surface area (Å²) in [5.74, 6) is 2.44. The molecule has 9 atom stereocenters. The average molecular weight is 673 g/mol. The molecule has 0 saturated heterocycles. The lowest BCUT2D eigenvalue weighted by Gasteiger charge is -2.68. The summed E-state index contributed by atoms with van der Waals surface area (Å²) >= 11 is 0. The highest BCUT2D eigenvalue weighted by atomic mass is 16.4. The molecular weight excluding hydrogens is 612 g/mol. The third-order valence-corrected chi connectivity index (χ3v) is 15.2. The SMILES string of the molecule is C=C(C)C1CCC2(C(=O)NCc3cccc(C(=O)NCCCCC(=O)O)c3)CCC3C(CCC4C3(C)CCC3C(C)(C)C(=O)CCC34C)C12. The van der Waals surface area contributed by atoms with E-state index < -0.39 is 5.97 Å². The number of carboxylic acids is 1. The molecule has 0 spiro atoms. The van der Waals surface area contributed by atoms with Gasteiger partial charge in [-0.05, 0) is 142 Å². The standard InChI is InChI=1S/C42H60N2O5/c1-26(2)29-15-21-42(38(49)44-25-27-10-9-11-28(24-27)37(48)43-23-8-7-12-35(46)47)22-16-31-30(36(29)42)13-14-33-40(31,5)19-17-32-39(3,4)34(45)18-20-41(32,33)6/h9-11,24,29-33,36H,1,7-8,12-23,25H2,2-6H3,(H,43,48)(H,44,49)(H,46,47). The number of hydrogen-bond acceptors (Lipinski definition) is 4. The van der Waals surface area contributed by atoms with E-state index in [1.807, 2.05) is 18.2 Å². The largest absolute Gasteiger partial charge is 0.481 e. The molecule has 7 nitrogen and oxygen atoms in total. The molecule has 6 rings (SSSR count). The summed E-state index contributed by atoms with van der Waals surface area (Å²) in [6.45, 7) is 17.0. The van der Waals surface area contributed by atoms with Crippen LogP contribution in [0.15, 0.2) is 36.4 Å². The van der Waals surface area contributed by atoms with E-state index in [9.17, 15) is 19.2 Å². The van der Waals surface area contributed by atoms with Crippen LogP contribution in [-0.2, 0) is 20.9 Å². The van der Waals surface area contributed by atoms with Crippen LogP contribution in [0.25, 0.3) is 0 Å². The number of fused-ring (bicyclic) bond motifs is 7. The van der Waals surface area contributed by atoms with Gasteiger partial charge >= 0.3 is 5.97 Å². The van der Waals surface area contributed by atoms with E-state index in [1.54, 1.807) is 6.07 Å². The Kier molecular flexibility index (Phi) is 9.73. The van der Waals surface area contributed by atoms with Crippen molar-refractivity contribution in [2.24, 2.45) is 57.2 Å². The first-order chi connectivity index (χ1) is 23.1. The van der Waals surface area contributed by atoms with Crippen LogP contribution < -0.4 is 10.6 Å². The molecule has 9 unspecified atom stereocenters. The summed E-state index contributed by atoms with van der Waals surface area (Å²) in [5, 5.41) is 15.1. The molecule has 5 fully saturated rings. The number of amides is 2. The minimum Gasteiger partial charge on any atom is -0.481 e. The summed E-state index contributed by atoms with van der Waals surface area (Å²) in [4.78, 5) is 51.1. The molecule has 1 aromatic rings. The molecule has 5 saturated carbocycles. The van der Waals surface area contributed by atoms with Gasteiger partial charge in [-0.15, -0.1) is 0 Å². The lowest BCUT2D eigenvalue weighted by atomic mass is 9.36. The minimum absolute atomic E-state index is 0.100. The predicted octanol–water partition coefficient (Wildman–Crippen LogP) is 8.12. The number of benzene rings is 1. The van der Waals surface area contributed by atoms with Crippen molar-refractivity contribution in [2.45, 2.75) is 125 Å². The highest BCUT2D eigenvalue weighted by Gasteiger charge is 2.68. The fraction of sp³-hybridized carbons (Fsp3) is 0.714. The van der Waals surface area contributed by atoms with Gasteiger partial charge in [0.05, 0.1) is 5.41 Å². The number of ketones is 1. The number of carbonyl (C=O) groups excluding carboxylic acids is 3. The van der Waals surface area contributed by atoms with Gasteiger partial charge in [0, 0.05) is 36.9 Å². The second-order valence-electron chi connectivity index (χ2n) is 17.8. The molecular formula is C42H60N2O5. The average Bonchev–Trinajstić information content (AvgIpc) is 3.47. The van der Waals surface area contributed by atoms with Crippen LogP contribution in [0.1, 0.15) is 134 Å². The first-order valence-corrected chi connectivity index (χ1v) is 19.2. The van der Waals surface area contributed by atoms with Gasteiger partial charge in [-0.1, -0.05) is 52.0 Å². The monoisotopic (exact) mass is 672 g/mol. The third kappa shape index (κ3) is 6.09. The molecule has 268 valence electrons. The van der Waals surface area contributed by atoms with Crippen molar-refractivity contribution in [3.8, 4) is 0 Å². The van der Waals surface area contributed by atoms with E-state index in [-0.39, 0.29) is 39.9 Å². The number of Topliss-reactive ketones (excluding diaryl/α,β-unsaturated/α-hetero) is 1. The Morgan fingerprint density at radius 3 is 2.39 bits per heavy atom. The van der Waals surface area contributed by atoms with E-state index in [0.717, 1.165) is 44.1 Å². The Balaban J connectivity index is 1.17. The molecule has 3 N–H and O–H groups in total. The third-order valence-electron chi connectivity index (χ3n) is 15.2. The molecule has 0 aliphatic heterocycles. The van der Waals surface area contributed by atoms with E-state index in [4.69, 9.17) is 5.11 Å². The molecule has 49 heavy (non-hydrogen) atoms. The van der Waals surface area contributed by atoms with Gasteiger partial charge in [0.25, 0.3) is 5.91 Å². The van der Waals surface area contributed by atoms with Crippen molar-refractivity contribution < 1.29 is 24.3 Å². The second kappa shape index (κ2) is 13.3. The molecule has 0 bridgehead atoms. The number of unbranched alkanes of at least 4 members (excludes halogenated alkanes) is 1. The first kappa shape index (κ1) is 35.9. The Morgan fingerprint density at radius 1 is 0.898 bits per heavy atom. The van der Waals surface area contributed by atoms with Crippen molar-refractivity contribution in [3.05, 3.63) is 47.5 Å². The van der Waals surface area contributed by atoms with Crippen LogP contribution in [0.4, 0.5) is 0 Å². The number of rotatable bonds is 10. The van der Waals surface area contributed by atoms with Gasteiger partial charge in [0.2, 0.25) is 5.91 Å². The number of allylic oxidation sites excluding steroid dienone is 1. The lowest BCUT2D eigenvalue weighted by molar-refractivity contribution is -0.198. The molecule has 7 heteroatoms. The Bertz CT molecular complexity index is 1500. The normalized spacial score (nSPS) is 37.5. The molecule has 5 aliphatic rings. The zero-order valence-electron chi connectivity index (χ0n) is 30.7. The van der Waals surface area contributed by atoms with Crippen LogP contribution in [0, 0.1) is 57.2 Å². The number of carboxylic acid groups (broad SMARTS) is 1. The van der Waals surface area contributed by atoms with Crippen LogP contribution in [0.5, 0.6) is 0 Å². The van der Waals surface area contributed by atoms with Gasteiger partial charge in [0.15, 0.2) is 0 Å². The van der Waals surface area contributed by atoms with Crippen LogP contribution in [-0.4, -0.2) is 35.2 Å². The second-order valence-corrected chi connectivity index (χ2v) is 17.8. The highest BCUT2D eigenvalue weighted by Crippen LogP contribution is 2.73. The van der Waals surface area contributed by atoms with Gasteiger partial charge in [-0.25, -0.2) is 0 Å². The van der Waals surface area contributed by atoms with E-state index >= 15 is 0 Å². The highest BCUT2D eigenvalue weighted by molar-refractivity contribution is 5.94. The lowest BCUT2D eigenvalue weighted by Crippen LogP contribution is -2.63. The minimum atomic E-state index is -0.825. The van der Waals surface area contributed by atoms with Crippen LogP contribution in [0.3, 0.4) is 0 Å². The van der Waals surface area contributed by atoms with Gasteiger partial charge in [0.1, 0.15) is 5.78 Å². The fourth-order valence-electron chi connectivity index (χ4n) is 12.9. The molecule has 0 radical (unpaired) electrons. The van der Waals surface area contributed by atoms with Crippen LogP contribution >= 0.6 is 0 Å². The molecule has 2 amide bonds. The van der Waals surface area contributed by atoms with E-state index in [2.05, 4.69) is 51.8 Å². The van der Waals surface area contributed by atoms with Crippen LogP contribution in [0.2, 0.25) is 0 Å². The number of carbonyl (C=O) groups is 4. The van der Waals surface area contributed by atoms with Gasteiger partial charge in [-0.3, -0.25) is 19.2 Å². The summed E-state index contributed by atoms with van der Waals surface area (Å²) in [7, 11) is 0. The zero-order valence-corrected chi connectivity index (χ0v) is 30.7. The summed E-state index contributed by atoms with van der Waals surface area (Å²) in [6, 6.07) is 7.45. The van der Waals surface area contributed by atoms with Crippen molar-refractivity contribution in [3.63, 3.8) is 0 Å². The Morgan fingerprint density at radius 2 is 1.65 bits per heavy atom. The smallest absolute Gasteiger partial charge is 0.303 e. The summed E-state index contributed by atoms with van der Waals surface area (Å²) in [6.07, 6.45) is 11.6. The number of hydrogen-bond donors (Lipinski definition) is 3. The van der Waals surface area contributed by atoms with Crippen molar-refractivity contribution in [2.75, 3.05) is 6.54 Å². The molecule has 0 aromatic heterocycles. The Labute approximate surface area is 293 Å². The van der Waals surface area contributed by atoms with E-state index in [1.165, 1.54) is 24.8 Å². The fourth-order valence-corrected chi connectivity index (χ4v) is 12.9. The maximum Gasteiger partial charge on any atom is 0.303 e.